The van der Waals surface area contributed by atoms with Gasteiger partial charge in [-0.3, -0.25) is 9.69 Å². The molecule has 0 bridgehead atoms. The monoisotopic (exact) mass is 310 g/mol. The standard InChI is InChI=1S/C18H22N4O/c23-18-17(19-10-11-20-18)21-16-8-13-22(14-9-16)12-4-7-15-5-2-1-3-6-15/h1-7,10-11,16H,8-9,12-14H2,(H,19,21)(H,20,23). The summed E-state index contributed by atoms with van der Waals surface area (Å²) in [5.41, 5.74) is 1.08. The lowest BCUT2D eigenvalue weighted by Crippen LogP contribution is -2.40. The lowest BCUT2D eigenvalue weighted by Gasteiger charge is -2.31. The van der Waals surface area contributed by atoms with Gasteiger partial charge >= 0.3 is 0 Å². The van der Waals surface area contributed by atoms with Gasteiger partial charge in [-0.25, -0.2) is 4.98 Å². The number of nitrogens with one attached hydrogen (secondary N) is 2. The van der Waals surface area contributed by atoms with E-state index in [1.807, 2.05) is 6.07 Å². The summed E-state index contributed by atoms with van der Waals surface area (Å²) in [6, 6.07) is 10.7. The summed E-state index contributed by atoms with van der Waals surface area (Å²) in [6.45, 7) is 3.02. The SMILES string of the molecule is O=c1[nH]ccnc1NC1CCN(CC=Cc2ccccc2)CC1. The van der Waals surface area contributed by atoms with Crippen molar-refractivity contribution < 1.29 is 0 Å². The average Bonchev–Trinajstić information content (AvgIpc) is 2.59. The maximum atomic E-state index is 11.6. The third-order valence-corrected chi connectivity index (χ3v) is 4.11. The molecule has 3 rings (SSSR count). The largest absolute Gasteiger partial charge is 0.363 e. The number of aromatic nitrogens is 2. The second-order valence-electron chi connectivity index (χ2n) is 5.80. The Labute approximate surface area is 136 Å². The number of hydrogen-bond acceptors (Lipinski definition) is 4. The molecule has 2 heterocycles. The van der Waals surface area contributed by atoms with E-state index in [9.17, 15) is 4.79 Å². The molecule has 0 radical (unpaired) electrons. The van der Waals surface area contributed by atoms with Crippen LogP contribution in [0.25, 0.3) is 6.08 Å². The van der Waals surface area contributed by atoms with E-state index in [-0.39, 0.29) is 5.56 Å². The highest BCUT2D eigenvalue weighted by molar-refractivity contribution is 5.48. The van der Waals surface area contributed by atoms with Gasteiger partial charge in [0.05, 0.1) is 0 Å². The highest BCUT2D eigenvalue weighted by Gasteiger charge is 2.19. The zero-order valence-corrected chi connectivity index (χ0v) is 13.1. The Morgan fingerprint density at radius 3 is 2.78 bits per heavy atom. The van der Waals surface area contributed by atoms with Crippen LogP contribution < -0.4 is 10.9 Å². The molecule has 1 aliphatic rings. The van der Waals surface area contributed by atoms with Gasteiger partial charge in [0.1, 0.15) is 0 Å². The number of rotatable bonds is 5. The van der Waals surface area contributed by atoms with Crippen molar-refractivity contribution in [3.05, 3.63) is 64.7 Å². The molecule has 0 unspecified atom stereocenters. The smallest absolute Gasteiger partial charge is 0.290 e. The third-order valence-electron chi connectivity index (χ3n) is 4.11. The quantitative estimate of drug-likeness (QED) is 0.890. The second kappa shape index (κ2) is 7.74. The van der Waals surface area contributed by atoms with Gasteiger partial charge in [-0.05, 0) is 18.4 Å². The van der Waals surface area contributed by atoms with Crippen molar-refractivity contribution in [2.24, 2.45) is 0 Å². The van der Waals surface area contributed by atoms with E-state index in [1.54, 1.807) is 12.4 Å². The molecule has 1 aromatic heterocycles. The Kier molecular flexibility index (Phi) is 5.21. The number of anilines is 1. The number of likely N-dealkylation sites (tertiary alicyclic amines) is 1. The number of piperidine rings is 1. The second-order valence-corrected chi connectivity index (χ2v) is 5.80. The third kappa shape index (κ3) is 4.53. The van der Waals surface area contributed by atoms with Crippen molar-refractivity contribution in [3.63, 3.8) is 0 Å². The van der Waals surface area contributed by atoms with Gasteiger partial charge in [0.25, 0.3) is 5.56 Å². The van der Waals surface area contributed by atoms with Gasteiger partial charge in [0.15, 0.2) is 5.82 Å². The first-order valence-corrected chi connectivity index (χ1v) is 8.05. The van der Waals surface area contributed by atoms with E-state index < -0.39 is 0 Å². The number of benzene rings is 1. The van der Waals surface area contributed by atoms with E-state index in [4.69, 9.17) is 0 Å². The zero-order valence-electron chi connectivity index (χ0n) is 13.1. The van der Waals surface area contributed by atoms with Crippen LogP contribution in [0.2, 0.25) is 0 Å². The first-order valence-electron chi connectivity index (χ1n) is 8.05. The molecular weight excluding hydrogens is 288 g/mol. The summed E-state index contributed by atoms with van der Waals surface area (Å²) in [7, 11) is 0. The Morgan fingerprint density at radius 1 is 1.26 bits per heavy atom. The van der Waals surface area contributed by atoms with Crippen molar-refractivity contribution in [3.8, 4) is 0 Å². The molecule has 120 valence electrons. The van der Waals surface area contributed by atoms with E-state index in [2.05, 4.69) is 56.6 Å². The van der Waals surface area contributed by atoms with Crippen molar-refractivity contribution in [1.82, 2.24) is 14.9 Å². The van der Waals surface area contributed by atoms with Gasteiger partial charge in [-0.15, -0.1) is 0 Å². The molecule has 23 heavy (non-hydrogen) atoms. The van der Waals surface area contributed by atoms with Crippen LogP contribution >= 0.6 is 0 Å². The van der Waals surface area contributed by atoms with Crippen LogP contribution in [0.3, 0.4) is 0 Å². The van der Waals surface area contributed by atoms with Crippen LogP contribution in [0.1, 0.15) is 18.4 Å². The van der Waals surface area contributed by atoms with Crippen LogP contribution in [-0.4, -0.2) is 40.5 Å². The lowest BCUT2D eigenvalue weighted by atomic mass is 10.1. The van der Waals surface area contributed by atoms with Crippen LogP contribution in [-0.2, 0) is 0 Å². The van der Waals surface area contributed by atoms with Gasteiger partial charge < -0.3 is 10.3 Å². The van der Waals surface area contributed by atoms with Gasteiger partial charge in [-0.1, -0.05) is 42.5 Å². The maximum absolute atomic E-state index is 11.6. The van der Waals surface area contributed by atoms with Gasteiger partial charge in [-0.2, -0.15) is 0 Å². The average molecular weight is 310 g/mol. The van der Waals surface area contributed by atoms with Crippen LogP contribution in [0.15, 0.2) is 53.6 Å². The molecule has 2 aromatic rings. The molecule has 1 aliphatic heterocycles. The van der Waals surface area contributed by atoms with E-state index in [1.165, 1.54) is 5.56 Å². The molecule has 0 saturated carbocycles. The minimum absolute atomic E-state index is 0.152. The minimum Gasteiger partial charge on any atom is -0.363 e. The summed E-state index contributed by atoms with van der Waals surface area (Å²) in [6.07, 6.45) is 9.58. The van der Waals surface area contributed by atoms with E-state index in [0.29, 0.717) is 11.9 Å². The summed E-state index contributed by atoms with van der Waals surface area (Å²) >= 11 is 0. The van der Waals surface area contributed by atoms with E-state index >= 15 is 0 Å². The summed E-state index contributed by atoms with van der Waals surface area (Å²) in [5.74, 6) is 0.426. The first-order chi connectivity index (χ1) is 11.3. The fourth-order valence-electron chi connectivity index (χ4n) is 2.81. The molecule has 0 spiro atoms. The van der Waals surface area contributed by atoms with Crippen LogP contribution in [0.5, 0.6) is 0 Å². The normalized spacial score (nSPS) is 16.7. The maximum Gasteiger partial charge on any atom is 0.290 e. The molecule has 5 heteroatoms. The molecule has 1 fully saturated rings. The fourth-order valence-corrected chi connectivity index (χ4v) is 2.81. The van der Waals surface area contributed by atoms with Crippen molar-refractivity contribution in [1.29, 1.82) is 0 Å². The van der Waals surface area contributed by atoms with Crippen LogP contribution in [0.4, 0.5) is 5.82 Å². The number of aromatic amines is 1. The number of H-pyrrole nitrogens is 1. The van der Waals surface area contributed by atoms with Gasteiger partial charge in [0, 0.05) is 38.1 Å². The highest BCUT2D eigenvalue weighted by Crippen LogP contribution is 2.13. The predicted molar refractivity (Wildman–Crippen MR) is 93.4 cm³/mol. The Bertz CT molecular complexity index is 687. The van der Waals surface area contributed by atoms with Crippen LogP contribution in [0, 0.1) is 0 Å². The van der Waals surface area contributed by atoms with Crippen molar-refractivity contribution >= 4 is 11.9 Å². The van der Waals surface area contributed by atoms with Crippen molar-refractivity contribution in [2.45, 2.75) is 18.9 Å². The number of hydrogen-bond donors (Lipinski definition) is 2. The molecule has 1 saturated heterocycles. The summed E-state index contributed by atoms with van der Waals surface area (Å²) in [4.78, 5) is 20.8. The lowest BCUT2D eigenvalue weighted by molar-refractivity contribution is 0.240. The first kappa shape index (κ1) is 15.5. The Hall–Kier alpha value is -2.40. The van der Waals surface area contributed by atoms with E-state index in [0.717, 1.165) is 32.5 Å². The predicted octanol–water partition coefficient (Wildman–Crippen LogP) is 2.36. The molecule has 5 nitrogen and oxygen atoms in total. The Morgan fingerprint density at radius 2 is 2.04 bits per heavy atom. The van der Waals surface area contributed by atoms with Crippen molar-refractivity contribution in [2.75, 3.05) is 25.0 Å². The molecule has 0 amide bonds. The minimum atomic E-state index is -0.152. The molecule has 2 N–H and O–H groups in total. The molecule has 0 atom stereocenters. The topological polar surface area (TPSA) is 61.0 Å². The molecule has 0 aliphatic carbocycles. The highest BCUT2D eigenvalue weighted by atomic mass is 16.1. The number of nitrogens with zero attached hydrogens (tertiary/aromatic N) is 2. The zero-order chi connectivity index (χ0) is 15.9. The fraction of sp³-hybridized carbons (Fsp3) is 0.333. The summed E-state index contributed by atoms with van der Waals surface area (Å²) in [5, 5.41) is 3.25. The van der Waals surface area contributed by atoms with Gasteiger partial charge in [0.2, 0.25) is 0 Å². The molecule has 1 aromatic carbocycles. The Balaban J connectivity index is 1.44. The summed E-state index contributed by atoms with van der Waals surface area (Å²) < 4.78 is 0. The molecular formula is C18H22N4O.